The number of rotatable bonds is 2. The summed E-state index contributed by atoms with van der Waals surface area (Å²) in [6, 6.07) is 16.5. The van der Waals surface area contributed by atoms with Crippen molar-refractivity contribution >= 4 is 17.4 Å². The number of aryl methyl sites for hydroxylation is 2. The highest BCUT2D eigenvalue weighted by Crippen LogP contribution is 2.36. The van der Waals surface area contributed by atoms with Gasteiger partial charge in [-0.1, -0.05) is 43.7 Å². The number of piperidine rings is 1. The van der Waals surface area contributed by atoms with E-state index in [1.165, 1.54) is 0 Å². The lowest BCUT2D eigenvalue weighted by Gasteiger charge is -2.40. The van der Waals surface area contributed by atoms with Gasteiger partial charge in [0, 0.05) is 60.8 Å². The monoisotopic (exact) mass is 642 g/mol. The third-order valence-corrected chi connectivity index (χ3v) is 7.92. The molecule has 0 radical (unpaired) electrons. The maximum Gasteiger partial charge on any atom is 0.308 e. The molecule has 1 fully saturated rings. The zero-order valence-corrected chi connectivity index (χ0v) is 29.1. The van der Waals surface area contributed by atoms with Crippen molar-refractivity contribution in [3.63, 3.8) is 0 Å². The Morgan fingerprint density at radius 3 is 2.38 bits per heavy atom. The molecule has 252 valence electrons. The molecular formula is C38H50N4O5. The fourth-order valence-corrected chi connectivity index (χ4v) is 5.63. The van der Waals surface area contributed by atoms with Crippen molar-refractivity contribution in [1.29, 1.82) is 0 Å². The van der Waals surface area contributed by atoms with E-state index < -0.39 is 11.6 Å². The minimum Gasteiger partial charge on any atom is -0.495 e. The van der Waals surface area contributed by atoms with Crippen LogP contribution in [0.25, 0.3) is 28.0 Å². The van der Waals surface area contributed by atoms with Crippen molar-refractivity contribution in [3.05, 3.63) is 77.7 Å². The summed E-state index contributed by atoms with van der Waals surface area (Å²) in [4.78, 5) is 18.9. The van der Waals surface area contributed by atoms with Crippen molar-refractivity contribution < 1.29 is 24.5 Å². The average molecular weight is 643 g/mol. The number of carbonyl (C=O) groups is 1. The van der Waals surface area contributed by atoms with Crippen LogP contribution in [0.1, 0.15) is 77.6 Å². The lowest BCUT2D eigenvalue weighted by Crippen LogP contribution is -2.44. The highest BCUT2D eigenvalue weighted by molar-refractivity contribution is 5.78. The number of fused-ring (bicyclic) bond motifs is 6. The maximum atomic E-state index is 11.9. The molecule has 6 bridgehead atoms. The minimum atomic E-state index is -0.886. The predicted octanol–water partition coefficient (Wildman–Crippen LogP) is 7.78. The summed E-state index contributed by atoms with van der Waals surface area (Å²) in [7, 11) is 0. The van der Waals surface area contributed by atoms with Gasteiger partial charge in [-0.2, -0.15) is 9.61 Å². The Hall–Kier alpha value is -4.37. The molecular weight excluding hydrogens is 592 g/mol. The highest BCUT2D eigenvalue weighted by Gasteiger charge is 2.33. The van der Waals surface area contributed by atoms with Gasteiger partial charge in [0.15, 0.2) is 5.65 Å². The number of hydrogen-bond acceptors (Lipinski definition) is 7. The molecule has 0 amide bonds. The quantitative estimate of drug-likeness (QED) is 0.228. The number of aromatic nitrogens is 3. The number of ether oxygens (including phenoxy) is 2. The molecule has 0 saturated carbocycles. The fourth-order valence-electron chi connectivity index (χ4n) is 5.63. The van der Waals surface area contributed by atoms with Crippen LogP contribution in [0.2, 0.25) is 0 Å². The number of nitrogens with zero attached hydrogens (tertiary/aromatic N) is 4. The molecule has 2 aromatic heterocycles. The van der Waals surface area contributed by atoms with E-state index in [9.17, 15) is 9.90 Å². The van der Waals surface area contributed by atoms with Crippen molar-refractivity contribution in [2.45, 2.75) is 92.3 Å². The minimum absolute atomic E-state index is 0.113. The fraction of sp³-hybridized carbons (Fsp3) is 0.447. The van der Waals surface area contributed by atoms with Crippen LogP contribution < -0.4 is 9.64 Å². The van der Waals surface area contributed by atoms with Crippen LogP contribution in [0.15, 0.2) is 60.9 Å². The summed E-state index contributed by atoms with van der Waals surface area (Å²) >= 11 is 0. The van der Waals surface area contributed by atoms with Gasteiger partial charge in [0.2, 0.25) is 0 Å². The van der Waals surface area contributed by atoms with Gasteiger partial charge in [-0.15, -0.1) is 0 Å². The molecule has 2 aromatic carbocycles. The van der Waals surface area contributed by atoms with Gasteiger partial charge in [-0.05, 0) is 71.4 Å². The Bertz CT molecular complexity index is 1710. The molecule has 47 heavy (non-hydrogen) atoms. The van der Waals surface area contributed by atoms with E-state index in [-0.39, 0.29) is 12.0 Å². The van der Waals surface area contributed by atoms with Crippen LogP contribution in [0.3, 0.4) is 0 Å². The second kappa shape index (κ2) is 15.0. The van der Waals surface area contributed by atoms with E-state index in [2.05, 4.69) is 43.0 Å². The molecule has 5 heterocycles. The lowest BCUT2D eigenvalue weighted by atomic mass is 9.93. The summed E-state index contributed by atoms with van der Waals surface area (Å²) in [6.07, 6.45) is 6.04. The standard InChI is InChI=1S/C32H34N4O4.C4H10O.C2H6/c1-21-9-10-28-26(17-21)23-7-6-8-24(18-23)27-20-29-33-22(2)25(19-30(37)38)31(36(29)34-27)35-13-11-32(3,12-14-35)40-16-5-4-15-39-28;1-4(2,3)5;1-2/h5-10,16-18,20H,4,11-15,19H2,1-3H3,(H,37,38);5H,1-3H3;1-2H3/b16-5-;;. The number of hydrogen-bond donors (Lipinski definition) is 2. The summed E-state index contributed by atoms with van der Waals surface area (Å²) < 4.78 is 14.3. The number of anilines is 1. The molecule has 2 N–H and O–H groups in total. The molecule has 7 rings (SSSR count). The van der Waals surface area contributed by atoms with Crippen LogP contribution in [-0.2, 0) is 16.0 Å². The molecule has 1 saturated heterocycles. The zero-order chi connectivity index (χ0) is 34.4. The van der Waals surface area contributed by atoms with Gasteiger partial charge in [-0.3, -0.25) is 4.79 Å². The Kier molecular flexibility index (Phi) is 11.3. The molecule has 9 nitrogen and oxygen atoms in total. The first-order valence-electron chi connectivity index (χ1n) is 16.6. The van der Waals surface area contributed by atoms with Gasteiger partial charge >= 0.3 is 5.97 Å². The number of benzene rings is 2. The number of carboxylic acid groups (broad SMARTS) is 1. The first-order chi connectivity index (χ1) is 22.3. The van der Waals surface area contributed by atoms with E-state index >= 15 is 0 Å². The molecule has 3 aliphatic rings. The largest absolute Gasteiger partial charge is 0.495 e. The van der Waals surface area contributed by atoms with Crippen molar-refractivity contribution in [3.8, 4) is 28.1 Å². The number of aliphatic carboxylic acids is 1. The van der Waals surface area contributed by atoms with Crippen LogP contribution in [0.4, 0.5) is 5.82 Å². The first-order valence-corrected chi connectivity index (χ1v) is 16.6. The van der Waals surface area contributed by atoms with Crippen molar-refractivity contribution in [2.24, 2.45) is 0 Å². The molecule has 0 aliphatic carbocycles. The van der Waals surface area contributed by atoms with E-state index in [0.717, 1.165) is 71.9 Å². The molecule has 3 aliphatic heterocycles. The predicted molar refractivity (Wildman–Crippen MR) is 188 cm³/mol. The van der Waals surface area contributed by atoms with E-state index in [1.54, 1.807) is 27.0 Å². The molecule has 0 atom stereocenters. The second-order valence-corrected chi connectivity index (χ2v) is 13.2. The van der Waals surface area contributed by atoms with E-state index in [0.29, 0.717) is 23.5 Å². The molecule has 0 spiro atoms. The Morgan fingerprint density at radius 1 is 1.02 bits per heavy atom. The van der Waals surface area contributed by atoms with Gasteiger partial charge in [0.1, 0.15) is 17.2 Å². The lowest BCUT2D eigenvalue weighted by molar-refractivity contribution is -0.136. The summed E-state index contributed by atoms with van der Waals surface area (Å²) in [5, 5.41) is 23.3. The zero-order valence-electron chi connectivity index (χ0n) is 29.1. The second-order valence-electron chi connectivity index (χ2n) is 13.2. The third-order valence-electron chi connectivity index (χ3n) is 7.92. The topological polar surface area (TPSA) is 109 Å². The van der Waals surface area contributed by atoms with Gasteiger partial charge in [-0.25, -0.2) is 4.98 Å². The maximum absolute atomic E-state index is 11.9. The van der Waals surface area contributed by atoms with E-state index in [1.807, 2.05) is 55.6 Å². The van der Waals surface area contributed by atoms with Crippen LogP contribution in [-0.4, -0.2) is 61.7 Å². The van der Waals surface area contributed by atoms with Crippen LogP contribution >= 0.6 is 0 Å². The van der Waals surface area contributed by atoms with Crippen molar-refractivity contribution in [2.75, 3.05) is 24.6 Å². The van der Waals surface area contributed by atoms with E-state index in [4.69, 9.17) is 24.7 Å². The molecule has 0 unspecified atom stereocenters. The summed E-state index contributed by atoms with van der Waals surface area (Å²) in [6.45, 7) is 17.3. The smallest absolute Gasteiger partial charge is 0.308 e. The third kappa shape index (κ3) is 9.13. The van der Waals surface area contributed by atoms with Crippen LogP contribution in [0, 0.1) is 13.8 Å². The van der Waals surface area contributed by atoms with Gasteiger partial charge in [0.25, 0.3) is 0 Å². The Labute approximate surface area is 278 Å². The summed E-state index contributed by atoms with van der Waals surface area (Å²) in [5.41, 5.74) is 6.26. The normalized spacial score (nSPS) is 16.1. The molecule has 4 aromatic rings. The number of aliphatic hydroxyl groups is 1. The number of carboxylic acids is 1. The summed E-state index contributed by atoms with van der Waals surface area (Å²) in [5.74, 6) is 0.751. The molecule has 9 heteroatoms. The Morgan fingerprint density at radius 2 is 1.70 bits per heavy atom. The Balaban J connectivity index is 0.000000655. The van der Waals surface area contributed by atoms with Gasteiger partial charge < -0.3 is 24.6 Å². The first kappa shape index (κ1) is 35.5. The SMILES string of the molecule is CC.CC(C)(C)O.Cc1ccc2c(c1)-c1cccc(c1)-c1cc3nc(C)c(CC(=O)O)c(n3n1)N1CCC(C)(CC1)O/C=C\CCO2. The van der Waals surface area contributed by atoms with Gasteiger partial charge in [0.05, 0.1) is 30.6 Å². The van der Waals surface area contributed by atoms with Crippen LogP contribution in [0.5, 0.6) is 5.75 Å². The van der Waals surface area contributed by atoms with Crippen molar-refractivity contribution in [1.82, 2.24) is 14.6 Å². The highest BCUT2D eigenvalue weighted by atomic mass is 16.5. The average Bonchev–Trinajstić information content (AvgIpc) is 3.44.